The van der Waals surface area contributed by atoms with E-state index in [2.05, 4.69) is 4.98 Å². The Morgan fingerprint density at radius 1 is 0.970 bits per heavy atom. The molecule has 3 aromatic rings. The fourth-order valence-corrected chi connectivity index (χ4v) is 4.19. The van der Waals surface area contributed by atoms with Crippen LogP contribution in [0.3, 0.4) is 0 Å². The second kappa shape index (κ2) is 10.8. The molecule has 0 aliphatic carbocycles. The molecule has 0 saturated carbocycles. The van der Waals surface area contributed by atoms with Gasteiger partial charge in [-0.15, -0.1) is 11.3 Å². The number of aryl methyl sites for hydroxylation is 2. The smallest absolute Gasteiger partial charge is 0.345 e. The van der Waals surface area contributed by atoms with Crippen molar-refractivity contribution in [3.05, 3.63) is 75.7 Å². The van der Waals surface area contributed by atoms with Gasteiger partial charge in [0.15, 0.2) is 0 Å². The lowest BCUT2D eigenvalue weighted by atomic mass is 9.96. The molecular formula is C24H22FNO6S. The van der Waals surface area contributed by atoms with Crippen LogP contribution in [-0.2, 0) is 22.3 Å². The Bertz CT molecular complexity index is 1170. The van der Waals surface area contributed by atoms with Gasteiger partial charge in [-0.05, 0) is 56.5 Å². The maximum Gasteiger partial charge on any atom is 0.345 e. The number of carbonyl (C=O) groups excluding carboxylic acids is 2. The highest BCUT2D eigenvalue weighted by Crippen LogP contribution is 2.36. The zero-order valence-corrected chi connectivity index (χ0v) is 18.9. The molecule has 33 heavy (non-hydrogen) atoms. The number of thiophene rings is 1. The minimum Gasteiger partial charge on any atom is -0.477 e. The molecule has 2 heterocycles. The molecular weight excluding hydrogens is 449 g/mol. The number of esters is 2. The second-order valence-electron chi connectivity index (χ2n) is 6.91. The van der Waals surface area contributed by atoms with Crippen LogP contribution < -0.4 is 0 Å². The van der Waals surface area contributed by atoms with Crippen LogP contribution in [0, 0.1) is 5.82 Å². The molecule has 0 atom stereocenters. The van der Waals surface area contributed by atoms with Gasteiger partial charge < -0.3 is 14.6 Å². The van der Waals surface area contributed by atoms with E-state index in [1.165, 1.54) is 24.4 Å². The average Bonchev–Trinajstić information content (AvgIpc) is 3.29. The fraction of sp³-hybridized carbons (Fsp3) is 0.250. The van der Waals surface area contributed by atoms with Crippen molar-refractivity contribution in [1.82, 2.24) is 4.98 Å². The highest BCUT2D eigenvalue weighted by atomic mass is 32.1. The Morgan fingerprint density at radius 2 is 1.64 bits per heavy atom. The summed E-state index contributed by atoms with van der Waals surface area (Å²) in [5.74, 6) is -2.82. The third-order valence-corrected chi connectivity index (χ3v) is 5.85. The average molecular weight is 472 g/mol. The number of hydrogen-bond acceptors (Lipinski definition) is 7. The fourth-order valence-electron chi connectivity index (χ4n) is 3.28. The number of aromatic nitrogens is 1. The quantitative estimate of drug-likeness (QED) is 0.448. The molecule has 172 valence electrons. The van der Waals surface area contributed by atoms with Crippen molar-refractivity contribution in [3.8, 4) is 10.4 Å². The van der Waals surface area contributed by atoms with Gasteiger partial charge in [0.25, 0.3) is 0 Å². The summed E-state index contributed by atoms with van der Waals surface area (Å²) < 4.78 is 23.6. The lowest BCUT2D eigenvalue weighted by Gasteiger charge is -2.16. The number of carboxylic acids is 1. The van der Waals surface area contributed by atoms with Crippen molar-refractivity contribution in [1.29, 1.82) is 0 Å². The molecule has 3 rings (SSSR count). The number of benzene rings is 1. The van der Waals surface area contributed by atoms with E-state index in [0.29, 0.717) is 23.4 Å². The molecule has 7 nitrogen and oxygen atoms in total. The summed E-state index contributed by atoms with van der Waals surface area (Å²) in [6, 6.07) is 8.94. The highest BCUT2D eigenvalue weighted by molar-refractivity contribution is 7.17. The summed E-state index contributed by atoms with van der Waals surface area (Å²) in [6.07, 6.45) is 2.10. The summed E-state index contributed by atoms with van der Waals surface area (Å²) in [6.45, 7) is 3.53. The Morgan fingerprint density at radius 3 is 2.24 bits per heavy atom. The van der Waals surface area contributed by atoms with Gasteiger partial charge in [-0.25, -0.2) is 18.8 Å². The zero-order chi connectivity index (χ0) is 24.0. The molecule has 0 bridgehead atoms. The monoisotopic (exact) mass is 471 g/mol. The molecule has 1 N–H and O–H groups in total. The molecule has 1 aromatic carbocycles. The third kappa shape index (κ3) is 5.61. The number of ether oxygens (including phenoxy) is 2. The molecule has 0 fully saturated rings. The maximum absolute atomic E-state index is 13.2. The number of carboxylic acid groups (broad SMARTS) is 1. The van der Waals surface area contributed by atoms with E-state index in [9.17, 15) is 23.9 Å². The van der Waals surface area contributed by atoms with Gasteiger partial charge in [0.2, 0.25) is 0 Å². The van der Waals surface area contributed by atoms with E-state index < -0.39 is 17.9 Å². The van der Waals surface area contributed by atoms with E-state index >= 15 is 0 Å². The molecule has 0 radical (unpaired) electrons. The van der Waals surface area contributed by atoms with Gasteiger partial charge in [0.1, 0.15) is 10.7 Å². The first-order valence-corrected chi connectivity index (χ1v) is 11.1. The van der Waals surface area contributed by atoms with Crippen LogP contribution in [-0.4, -0.2) is 41.2 Å². The van der Waals surface area contributed by atoms with Crippen molar-refractivity contribution >= 4 is 29.2 Å². The molecule has 2 aromatic heterocycles. The van der Waals surface area contributed by atoms with Crippen molar-refractivity contribution < 1.29 is 33.4 Å². The summed E-state index contributed by atoms with van der Waals surface area (Å²) in [5, 5.41) is 9.34. The molecule has 0 unspecified atom stereocenters. The van der Waals surface area contributed by atoms with Gasteiger partial charge in [0.05, 0.1) is 30.0 Å². The Kier molecular flexibility index (Phi) is 7.89. The number of hydrogen-bond donors (Lipinski definition) is 1. The minimum absolute atomic E-state index is 0.0456. The highest BCUT2D eigenvalue weighted by Gasteiger charge is 2.28. The normalized spacial score (nSPS) is 10.6. The van der Waals surface area contributed by atoms with Crippen LogP contribution in [0.25, 0.3) is 10.4 Å². The largest absolute Gasteiger partial charge is 0.477 e. The van der Waals surface area contributed by atoms with E-state index in [4.69, 9.17) is 9.47 Å². The summed E-state index contributed by atoms with van der Waals surface area (Å²) in [4.78, 5) is 41.9. The van der Waals surface area contributed by atoms with Gasteiger partial charge >= 0.3 is 17.9 Å². The first kappa shape index (κ1) is 24.1. The Hall–Kier alpha value is -3.59. The zero-order valence-electron chi connectivity index (χ0n) is 18.1. The Labute approximate surface area is 193 Å². The summed E-state index contributed by atoms with van der Waals surface area (Å²) in [5.41, 5.74) is 1.58. The van der Waals surface area contributed by atoms with Gasteiger partial charge in [-0.3, -0.25) is 4.98 Å². The van der Waals surface area contributed by atoms with E-state index in [-0.39, 0.29) is 40.6 Å². The van der Waals surface area contributed by atoms with Crippen LogP contribution in [0.1, 0.15) is 55.5 Å². The predicted molar refractivity (Wildman–Crippen MR) is 120 cm³/mol. The minimum atomic E-state index is -1.12. The topological polar surface area (TPSA) is 103 Å². The molecule has 9 heteroatoms. The lowest BCUT2D eigenvalue weighted by Crippen LogP contribution is -2.17. The second-order valence-corrected chi connectivity index (χ2v) is 7.99. The first-order valence-electron chi connectivity index (χ1n) is 10.3. The lowest BCUT2D eigenvalue weighted by molar-refractivity contribution is 0.0524. The predicted octanol–water partition coefficient (Wildman–Crippen LogP) is 4.79. The van der Waals surface area contributed by atoms with Crippen LogP contribution in [0.15, 0.2) is 42.6 Å². The molecule has 0 saturated heterocycles. The van der Waals surface area contributed by atoms with Crippen LogP contribution in [0.4, 0.5) is 4.39 Å². The van der Waals surface area contributed by atoms with E-state index in [0.717, 1.165) is 16.9 Å². The number of nitrogens with zero attached hydrogens (tertiary/aromatic N) is 1. The van der Waals surface area contributed by atoms with Crippen LogP contribution >= 0.6 is 11.3 Å². The number of aromatic carboxylic acids is 1. The van der Waals surface area contributed by atoms with Gasteiger partial charge in [-0.1, -0.05) is 12.1 Å². The van der Waals surface area contributed by atoms with Crippen molar-refractivity contribution in [2.75, 3.05) is 13.2 Å². The third-order valence-electron chi connectivity index (χ3n) is 4.76. The summed E-state index contributed by atoms with van der Waals surface area (Å²) >= 11 is 0.934. The van der Waals surface area contributed by atoms with Crippen LogP contribution in [0.2, 0.25) is 0 Å². The number of halogens is 1. The maximum atomic E-state index is 13.2. The molecule has 0 spiro atoms. The molecule has 0 aliphatic rings. The standard InChI is InChI=1S/C24H22FNO6S/c1-3-31-23(29)16-13-26-17(10-7-14-5-8-15(25)9-6-14)21(24(30)32-4-2)20(16)18-11-12-19(33-18)22(27)28/h5-6,8-9,11-13H,3-4,7,10H2,1-2H3,(H,27,28). The van der Waals surface area contributed by atoms with Crippen LogP contribution in [0.5, 0.6) is 0 Å². The van der Waals surface area contributed by atoms with Gasteiger partial charge in [0, 0.05) is 16.6 Å². The number of rotatable bonds is 9. The number of carbonyl (C=O) groups is 3. The van der Waals surface area contributed by atoms with Gasteiger partial charge in [-0.2, -0.15) is 0 Å². The van der Waals surface area contributed by atoms with Crippen molar-refractivity contribution in [3.63, 3.8) is 0 Å². The first-order chi connectivity index (χ1) is 15.8. The Balaban J connectivity index is 2.16. The van der Waals surface area contributed by atoms with Crippen molar-refractivity contribution in [2.24, 2.45) is 0 Å². The number of pyridine rings is 1. The van der Waals surface area contributed by atoms with E-state index in [1.54, 1.807) is 32.0 Å². The summed E-state index contributed by atoms with van der Waals surface area (Å²) in [7, 11) is 0. The molecule has 0 aliphatic heterocycles. The molecule has 0 amide bonds. The SMILES string of the molecule is CCOC(=O)c1cnc(CCc2ccc(F)cc2)c(C(=O)OCC)c1-c1ccc(C(=O)O)s1. The van der Waals surface area contributed by atoms with E-state index in [1.807, 2.05) is 0 Å². The van der Waals surface area contributed by atoms with Crippen molar-refractivity contribution in [2.45, 2.75) is 26.7 Å².